The van der Waals surface area contributed by atoms with Crippen molar-refractivity contribution in [2.75, 3.05) is 13.1 Å². The molecule has 2 fully saturated rings. The molecule has 1 heteroatoms. The molecule has 0 spiro atoms. The maximum absolute atomic E-state index is 3.53. The zero-order valence-electron chi connectivity index (χ0n) is 6.79. The van der Waals surface area contributed by atoms with Crippen LogP contribution >= 0.6 is 0 Å². The number of allylic oxidation sites excluding steroid dienone is 2. The van der Waals surface area contributed by atoms with E-state index in [9.17, 15) is 0 Å². The number of nitrogens with one attached hydrogen (secondary N) is 1. The first-order valence-electron chi connectivity index (χ1n) is 4.84. The van der Waals surface area contributed by atoms with Crippen molar-refractivity contribution < 1.29 is 0 Å². The monoisotopic (exact) mass is 149 g/mol. The molecule has 1 N–H and O–H groups in total. The Morgan fingerprint density at radius 2 is 1.45 bits per heavy atom. The van der Waals surface area contributed by atoms with Gasteiger partial charge < -0.3 is 5.32 Å². The molecule has 1 aliphatic heterocycles. The molecule has 1 saturated heterocycles. The van der Waals surface area contributed by atoms with Gasteiger partial charge >= 0.3 is 0 Å². The van der Waals surface area contributed by atoms with Crippen molar-refractivity contribution in [2.24, 2.45) is 23.7 Å². The fourth-order valence-electron chi connectivity index (χ4n) is 3.23. The molecular formula is C10H15N. The minimum Gasteiger partial charge on any atom is -0.316 e. The van der Waals surface area contributed by atoms with Gasteiger partial charge in [-0.15, -0.1) is 0 Å². The van der Waals surface area contributed by atoms with Crippen LogP contribution in [0.2, 0.25) is 0 Å². The van der Waals surface area contributed by atoms with E-state index in [2.05, 4.69) is 17.5 Å². The van der Waals surface area contributed by atoms with Crippen molar-refractivity contribution in [3.8, 4) is 0 Å². The first kappa shape index (κ1) is 6.24. The van der Waals surface area contributed by atoms with Crippen LogP contribution < -0.4 is 5.32 Å². The summed E-state index contributed by atoms with van der Waals surface area (Å²) in [6.07, 6.45) is 7.87. The fraction of sp³-hybridized carbons (Fsp3) is 0.800. The highest BCUT2D eigenvalue weighted by Gasteiger charge is 2.42. The summed E-state index contributed by atoms with van der Waals surface area (Å²) in [5.41, 5.74) is 0. The lowest BCUT2D eigenvalue weighted by atomic mass is 9.64. The lowest BCUT2D eigenvalue weighted by molar-refractivity contribution is 0.169. The Balaban J connectivity index is 1.97. The van der Waals surface area contributed by atoms with E-state index >= 15 is 0 Å². The Morgan fingerprint density at radius 3 is 1.91 bits per heavy atom. The summed E-state index contributed by atoms with van der Waals surface area (Å²) >= 11 is 0. The van der Waals surface area contributed by atoms with E-state index in [-0.39, 0.29) is 0 Å². The molecule has 3 aliphatic carbocycles. The van der Waals surface area contributed by atoms with Gasteiger partial charge in [-0.2, -0.15) is 0 Å². The first-order valence-corrected chi connectivity index (χ1v) is 4.84. The van der Waals surface area contributed by atoms with E-state index < -0.39 is 0 Å². The SMILES string of the molecule is C1=C[C@H]2CC[C@@H]1[C@@H]1CNC[C@@H]12. The van der Waals surface area contributed by atoms with Crippen molar-refractivity contribution >= 4 is 0 Å². The number of rotatable bonds is 0. The molecule has 0 radical (unpaired) electrons. The summed E-state index contributed by atoms with van der Waals surface area (Å²) in [7, 11) is 0. The van der Waals surface area contributed by atoms with Crippen molar-refractivity contribution in [3.63, 3.8) is 0 Å². The van der Waals surface area contributed by atoms with Gasteiger partial charge in [0.25, 0.3) is 0 Å². The van der Waals surface area contributed by atoms with Gasteiger partial charge in [0.1, 0.15) is 0 Å². The third kappa shape index (κ3) is 0.750. The van der Waals surface area contributed by atoms with E-state index in [0.29, 0.717) is 0 Å². The van der Waals surface area contributed by atoms with E-state index in [1.165, 1.54) is 25.9 Å². The van der Waals surface area contributed by atoms with Crippen LogP contribution in [0.25, 0.3) is 0 Å². The maximum Gasteiger partial charge on any atom is -0.00114 e. The summed E-state index contributed by atoms with van der Waals surface area (Å²) < 4.78 is 0. The molecule has 2 bridgehead atoms. The fourth-order valence-corrected chi connectivity index (χ4v) is 3.23. The molecule has 4 atom stereocenters. The van der Waals surface area contributed by atoms with E-state index in [1.54, 1.807) is 0 Å². The predicted molar refractivity (Wildman–Crippen MR) is 45.2 cm³/mol. The molecule has 11 heavy (non-hydrogen) atoms. The normalized spacial score (nSPS) is 53.1. The van der Waals surface area contributed by atoms with E-state index in [4.69, 9.17) is 0 Å². The largest absolute Gasteiger partial charge is 0.316 e. The topological polar surface area (TPSA) is 12.0 Å². The molecule has 1 saturated carbocycles. The quantitative estimate of drug-likeness (QED) is 0.514. The molecule has 0 amide bonds. The van der Waals surface area contributed by atoms with Gasteiger partial charge in [-0.3, -0.25) is 0 Å². The van der Waals surface area contributed by atoms with Gasteiger partial charge in [-0.05, 0) is 49.6 Å². The highest BCUT2D eigenvalue weighted by molar-refractivity contribution is 5.12. The number of fused-ring (bicyclic) bond motifs is 1. The molecule has 0 aromatic heterocycles. The maximum atomic E-state index is 3.53. The average Bonchev–Trinajstić information content (AvgIpc) is 2.55. The van der Waals surface area contributed by atoms with Crippen molar-refractivity contribution in [1.82, 2.24) is 5.32 Å². The second-order valence-electron chi connectivity index (χ2n) is 4.28. The van der Waals surface area contributed by atoms with Crippen LogP contribution in [0.1, 0.15) is 12.8 Å². The smallest absolute Gasteiger partial charge is 0.00114 e. The summed E-state index contributed by atoms with van der Waals surface area (Å²) in [5, 5.41) is 3.53. The number of hydrogen-bond donors (Lipinski definition) is 1. The van der Waals surface area contributed by atoms with Gasteiger partial charge in [0.2, 0.25) is 0 Å². The van der Waals surface area contributed by atoms with Gasteiger partial charge in [-0.25, -0.2) is 0 Å². The molecule has 1 nitrogen and oxygen atoms in total. The van der Waals surface area contributed by atoms with Crippen LogP contribution in [0, 0.1) is 23.7 Å². The zero-order chi connectivity index (χ0) is 7.26. The first-order chi connectivity index (χ1) is 5.45. The predicted octanol–water partition coefficient (Wildman–Crippen LogP) is 1.42. The number of hydrogen-bond acceptors (Lipinski definition) is 1. The minimum atomic E-state index is 0.931. The third-order valence-electron chi connectivity index (χ3n) is 3.85. The lowest BCUT2D eigenvalue weighted by Gasteiger charge is -2.40. The van der Waals surface area contributed by atoms with E-state index in [1.807, 2.05) is 0 Å². The minimum absolute atomic E-state index is 0.931. The molecule has 0 unspecified atom stereocenters. The highest BCUT2D eigenvalue weighted by atomic mass is 14.9. The van der Waals surface area contributed by atoms with Gasteiger partial charge in [0.15, 0.2) is 0 Å². The molecule has 0 aromatic carbocycles. The summed E-state index contributed by atoms with van der Waals surface area (Å²) in [5.74, 6) is 3.86. The van der Waals surface area contributed by atoms with Gasteiger partial charge in [0.05, 0.1) is 0 Å². The van der Waals surface area contributed by atoms with Crippen molar-refractivity contribution in [3.05, 3.63) is 12.2 Å². The molecule has 4 aliphatic rings. The Bertz CT molecular complexity index is 177. The zero-order valence-corrected chi connectivity index (χ0v) is 6.79. The molecule has 60 valence electrons. The molecule has 0 aromatic rings. The lowest BCUT2D eigenvalue weighted by Crippen LogP contribution is -2.35. The Kier molecular flexibility index (Phi) is 1.19. The Labute approximate surface area is 67.9 Å². The second-order valence-corrected chi connectivity index (χ2v) is 4.28. The Morgan fingerprint density at radius 1 is 0.909 bits per heavy atom. The third-order valence-corrected chi connectivity index (χ3v) is 3.85. The van der Waals surface area contributed by atoms with Crippen LogP contribution in [-0.4, -0.2) is 13.1 Å². The summed E-state index contributed by atoms with van der Waals surface area (Å²) in [4.78, 5) is 0. The standard InChI is InChI=1S/C10H15N/c1-2-8-4-3-7(1)9-5-11-6-10(8)9/h1-2,7-11H,3-6H2/t7-,8+,9+,10-. The van der Waals surface area contributed by atoms with Crippen LogP contribution in [0.15, 0.2) is 12.2 Å². The molecule has 1 heterocycles. The molecule has 4 rings (SSSR count). The highest BCUT2D eigenvalue weighted by Crippen LogP contribution is 2.45. The summed E-state index contributed by atoms with van der Waals surface area (Å²) in [6.45, 7) is 2.58. The molecular weight excluding hydrogens is 134 g/mol. The van der Waals surface area contributed by atoms with Gasteiger partial charge in [-0.1, -0.05) is 12.2 Å². The van der Waals surface area contributed by atoms with Crippen LogP contribution in [-0.2, 0) is 0 Å². The van der Waals surface area contributed by atoms with Crippen molar-refractivity contribution in [1.29, 1.82) is 0 Å². The van der Waals surface area contributed by atoms with Crippen molar-refractivity contribution in [2.45, 2.75) is 12.8 Å². The average molecular weight is 149 g/mol. The van der Waals surface area contributed by atoms with E-state index in [0.717, 1.165) is 23.7 Å². The summed E-state index contributed by atoms with van der Waals surface area (Å²) in [6, 6.07) is 0. The Hall–Kier alpha value is -0.300. The van der Waals surface area contributed by atoms with Crippen LogP contribution in [0.5, 0.6) is 0 Å². The van der Waals surface area contributed by atoms with Crippen LogP contribution in [0.3, 0.4) is 0 Å². The second kappa shape index (κ2) is 2.10. The van der Waals surface area contributed by atoms with Crippen LogP contribution in [0.4, 0.5) is 0 Å². The van der Waals surface area contributed by atoms with Gasteiger partial charge in [0, 0.05) is 0 Å².